The van der Waals surface area contributed by atoms with Crippen molar-refractivity contribution in [2.45, 2.75) is 51.0 Å². The van der Waals surface area contributed by atoms with E-state index in [1.165, 1.54) is 44.9 Å². The van der Waals surface area contributed by atoms with E-state index in [0.717, 1.165) is 35.5 Å². The van der Waals surface area contributed by atoms with Crippen molar-refractivity contribution in [3.8, 4) is 0 Å². The fourth-order valence-electron chi connectivity index (χ4n) is 6.96. The number of nitrogens with two attached hydrogens (primary N) is 1. The molecule has 4 saturated carbocycles. The van der Waals surface area contributed by atoms with Crippen LogP contribution >= 0.6 is 0 Å². The summed E-state index contributed by atoms with van der Waals surface area (Å²) in [7, 11) is 0. The minimum Gasteiger partial charge on any atom is -0.327 e. The third kappa shape index (κ3) is 1.06. The molecule has 98 valence electrons. The summed E-state index contributed by atoms with van der Waals surface area (Å²) in [5.41, 5.74) is 7.31. The molecule has 5 aliphatic carbocycles. The Bertz CT molecular complexity index is 414. The zero-order chi connectivity index (χ0) is 11.9. The summed E-state index contributed by atoms with van der Waals surface area (Å²) in [6.45, 7) is 0. The van der Waals surface area contributed by atoms with Crippen molar-refractivity contribution in [1.29, 1.82) is 0 Å². The number of rotatable bonds is 0. The largest absolute Gasteiger partial charge is 0.327 e. The van der Waals surface area contributed by atoms with Gasteiger partial charge in [0.15, 0.2) is 0 Å². The van der Waals surface area contributed by atoms with Gasteiger partial charge in [-0.25, -0.2) is 0 Å². The van der Waals surface area contributed by atoms with E-state index in [1.807, 2.05) is 0 Å². The van der Waals surface area contributed by atoms with Crippen molar-refractivity contribution in [1.82, 2.24) is 0 Å². The Morgan fingerprint density at radius 1 is 1.06 bits per heavy atom. The van der Waals surface area contributed by atoms with E-state index in [-0.39, 0.29) is 0 Å². The Balaban J connectivity index is 1.52. The van der Waals surface area contributed by atoms with Gasteiger partial charge in [-0.2, -0.15) is 0 Å². The maximum absolute atomic E-state index is 6.66. The SMILES string of the molecule is NC1CC2C3C=CCC3CCC2C2CCC3CC132. The van der Waals surface area contributed by atoms with E-state index in [4.69, 9.17) is 5.73 Å². The predicted molar refractivity (Wildman–Crippen MR) is 72.8 cm³/mol. The summed E-state index contributed by atoms with van der Waals surface area (Å²) in [5.74, 6) is 5.95. The van der Waals surface area contributed by atoms with E-state index in [1.54, 1.807) is 0 Å². The van der Waals surface area contributed by atoms with E-state index in [2.05, 4.69) is 12.2 Å². The second-order valence-corrected chi connectivity index (χ2v) is 7.95. The van der Waals surface area contributed by atoms with Crippen molar-refractivity contribution in [3.05, 3.63) is 12.2 Å². The molecule has 0 aliphatic heterocycles. The molecule has 5 aliphatic rings. The first kappa shape index (κ1) is 10.5. The predicted octanol–water partition coefficient (Wildman–Crippen LogP) is 3.35. The van der Waals surface area contributed by atoms with Crippen molar-refractivity contribution in [2.75, 3.05) is 0 Å². The number of hydrogen-bond donors (Lipinski definition) is 1. The molecular formula is C17H25N. The summed E-state index contributed by atoms with van der Waals surface area (Å²) < 4.78 is 0. The van der Waals surface area contributed by atoms with Gasteiger partial charge in [-0.05, 0) is 85.9 Å². The number of fused-ring (bicyclic) bond motifs is 4. The monoisotopic (exact) mass is 243 g/mol. The molecule has 8 atom stereocenters. The molecular weight excluding hydrogens is 218 g/mol. The van der Waals surface area contributed by atoms with E-state index >= 15 is 0 Å². The van der Waals surface area contributed by atoms with Gasteiger partial charge in [-0.3, -0.25) is 0 Å². The molecule has 1 spiro atoms. The molecule has 2 N–H and O–H groups in total. The van der Waals surface area contributed by atoms with Gasteiger partial charge in [-0.15, -0.1) is 0 Å². The summed E-state index contributed by atoms with van der Waals surface area (Å²) in [6, 6.07) is 0.545. The lowest BCUT2D eigenvalue weighted by Crippen LogP contribution is -2.51. The van der Waals surface area contributed by atoms with Crippen LogP contribution in [0.3, 0.4) is 0 Å². The average Bonchev–Trinajstić information content (AvgIpc) is 2.75. The zero-order valence-electron chi connectivity index (χ0n) is 11.2. The van der Waals surface area contributed by atoms with E-state index in [9.17, 15) is 0 Å². The van der Waals surface area contributed by atoms with Gasteiger partial charge < -0.3 is 5.73 Å². The van der Waals surface area contributed by atoms with Crippen LogP contribution in [-0.2, 0) is 0 Å². The van der Waals surface area contributed by atoms with E-state index < -0.39 is 0 Å². The van der Waals surface area contributed by atoms with Crippen LogP contribution in [0.5, 0.6) is 0 Å². The quantitative estimate of drug-likeness (QED) is 0.649. The lowest BCUT2D eigenvalue weighted by atomic mass is 9.54. The zero-order valence-corrected chi connectivity index (χ0v) is 11.2. The van der Waals surface area contributed by atoms with Crippen LogP contribution in [-0.4, -0.2) is 6.04 Å². The maximum atomic E-state index is 6.66. The van der Waals surface area contributed by atoms with Crippen molar-refractivity contribution < 1.29 is 0 Å². The smallest absolute Gasteiger partial charge is 0.0104 e. The normalized spacial score (nSPS) is 63.9. The molecule has 0 aromatic carbocycles. The van der Waals surface area contributed by atoms with Gasteiger partial charge in [0.2, 0.25) is 0 Å². The highest BCUT2D eigenvalue weighted by Crippen LogP contribution is 2.74. The third-order valence-corrected chi connectivity index (χ3v) is 7.71. The first-order chi connectivity index (χ1) is 8.80. The molecule has 8 unspecified atom stereocenters. The number of allylic oxidation sites excluding steroid dienone is 2. The highest BCUT2D eigenvalue weighted by Gasteiger charge is 2.70. The topological polar surface area (TPSA) is 26.0 Å². The molecule has 1 heteroatoms. The van der Waals surface area contributed by atoms with Gasteiger partial charge >= 0.3 is 0 Å². The molecule has 0 amide bonds. The first-order valence-electron chi connectivity index (χ1n) is 8.23. The minimum absolute atomic E-state index is 0.545. The Morgan fingerprint density at radius 2 is 2.00 bits per heavy atom. The molecule has 0 saturated heterocycles. The Labute approximate surface area is 110 Å². The van der Waals surface area contributed by atoms with Crippen molar-refractivity contribution in [3.63, 3.8) is 0 Å². The first-order valence-corrected chi connectivity index (χ1v) is 8.23. The summed E-state index contributed by atoms with van der Waals surface area (Å²) in [5, 5.41) is 0. The molecule has 18 heavy (non-hydrogen) atoms. The fourth-order valence-corrected chi connectivity index (χ4v) is 6.96. The van der Waals surface area contributed by atoms with Crippen molar-refractivity contribution in [2.24, 2.45) is 46.7 Å². The van der Waals surface area contributed by atoms with Gasteiger partial charge in [0.25, 0.3) is 0 Å². The van der Waals surface area contributed by atoms with Gasteiger partial charge in [0.1, 0.15) is 0 Å². The lowest BCUT2D eigenvalue weighted by Gasteiger charge is -2.52. The van der Waals surface area contributed by atoms with Crippen LogP contribution in [0, 0.1) is 40.9 Å². The number of hydrogen-bond acceptors (Lipinski definition) is 1. The van der Waals surface area contributed by atoms with Gasteiger partial charge in [0.05, 0.1) is 0 Å². The Hall–Kier alpha value is -0.300. The standard InChI is InChI=1S/C17H25N/c18-16-8-14-12-3-1-2-10(12)4-6-13(14)15-7-5-11-9-17(11,15)16/h1,3,10-16H,2,4-9,18H2. The highest BCUT2D eigenvalue weighted by atomic mass is 14.8. The molecule has 0 heterocycles. The molecule has 5 rings (SSSR count). The average molecular weight is 243 g/mol. The fraction of sp³-hybridized carbons (Fsp3) is 0.882. The summed E-state index contributed by atoms with van der Waals surface area (Å²) in [6.07, 6.45) is 15.3. The van der Waals surface area contributed by atoms with Gasteiger partial charge in [-0.1, -0.05) is 12.2 Å². The minimum atomic E-state index is 0.545. The van der Waals surface area contributed by atoms with Crippen LogP contribution in [0.2, 0.25) is 0 Å². The maximum Gasteiger partial charge on any atom is 0.0104 e. The molecule has 0 aromatic heterocycles. The molecule has 4 fully saturated rings. The summed E-state index contributed by atoms with van der Waals surface area (Å²) in [4.78, 5) is 0. The van der Waals surface area contributed by atoms with Crippen LogP contribution in [0.15, 0.2) is 12.2 Å². The van der Waals surface area contributed by atoms with Crippen molar-refractivity contribution >= 4 is 0 Å². The van der Waals surface area contributed by atoms with E-state index in [0.29, 0.717) is 11.5 Å². The second kappa shape index (κ2) is 3.23. The highest BCUT2D eigenvalue weighted by molar-refractivity contribution is 5.22. The lowest BCUT2D eigenvalue weighted by molar-refractivity contribution is -0.00634. The van der Waals surface area contributed by atoms with Gasteiger partial charge in [0, 0.05) is 6.04 Å². The molecule has 1 nitrogen and oxygen atoms in total. The summed E-state index contributed by atoms with van der Waals surface area (Å²) >= 11 is 0. The molecule has 0 aromatic rings. The molecule has 0 radical (unpaired) electrons. The third-order valence-electron chi connectivity index (χ3n) is 7.71. The van der Waals surface area contributed by atoms with Crippen LogP contribution in [0.25, 0.3) is 0 Å². The molecule has 0 bridgehead atoms. The second-order valence-electron chi connectivity index (χ2n) is 7.95. The Kier molecular flexibility index (Phi) is 1.88. The van der Waals surface area contributed by atoms with Crippen LogP contribution < -0.4 is 5.73 Å². The van der Waals surface area contributed by atoms with Crippen LogP contribution in [0.1, 0.15) is 44.9 Å². The Morgan fingerprint density at radius 3 is 2.89 bits per heavy atom. The van der Waals surface area contributed by atoms with Crippen LogP contribution in [0.4, 0.5) is 0 Å².